The largest absolute Gasteiger partial charge is 0.435 e. The molecule has 28 heavy (non-hydrogen) atoms. The fourth-order valence-corrected chi connectivity index (χ4v) is 2.96. The summed E-state index contributed by atoms with van der Waals surface area (Å²) in [5.74, 6) is -0.359. The molecule has 2 rings (SSSR count). The second-order valence-electron chi connectivity index (χ2n) is 6.81. The summed E-state index contributed by atoms with van der Waals surface area (Å²) < 4.78 is 58.3. The van der Waals surface area contributed by atoms with Crippen LogP contribution in [0.3, 0.4) is 0 Å². The third-order valence-corrected chi connectivity index (χ3v) is 4.14. The molecule has 1 aromatic rings. The molecule has 1 aliphatic rings. The predicted octanol–water partition coefficient (Wildman–Crippen LogP) is 3.70. The van der Waals surface area contributed by atoms with Gasteiger partial charge in [-0.05, 0) is 24.1 Å². The maximum atomic E-state index is 12.6. The van der Waals surface area contributed by atoms with Crippen LogP contribution in [0.5, 0.6) is 11.5 Å². The molecule has 1 aliphatic heterocycles. The summed E-state index contributed by atoms with van der Waals surface area (Å²) >= 11 is 0. The van der Waals surface area contributed by atoms with E-state index in [0.29, 0.717) is 19.0 Å². The predicted molar refractivity (Wildman–Crippen MR) is 96.6 cm³/mol. The van der Waals surface area contributed by atoms with Crippen molar-refractivity contribution in [1.29, 1.82) is 0 Å². The smallest absolute Gasteiger partial charge is 0.387 e. The van der Waals surface area contributed by atoms with Gasteiger partial charge in [0, 0.05) is 50.4 Å². The molecule has 0 spiro atoms. The molecule has 1 saturated heterocycles. The van der Waals surface area contributed by atoms with Crippen molar-refractivity contribution in [2.45, 2.75) is 27.1 Å². The monoisotopic (exact) mass is 404 g/mol. The van der Waals surface area contributed by atoms with Gasteiger partial charge in [-0.3, -0.25) is 9.69 Å². The van der Waals surface area contributed by atoms with Crippen molar-refractivity contribution < 1.29 is 31.8 Å². The van der Waals surface area contributed by atoms with Crippen LogP contribution in [0.1, 0.15) is 19.4 Å². The Hall–Kier alpha value is -2.29. The minimum Gasteiger partial charge on any atom is -0.435 e. The molecule has 0 aromatic heterocycles. The Labute approximate surface area is 161 Å². The van der Waals surface area contributed by atoms with Crippen LogP contribution in [-0.4, -0.2) is 61.7 Å². The number of hydrogen-bond donors (Lipinski definition) is 0. The number of alkyl halides is 4. The van der Waals surface area contributed by atoms with Gasteiger partial charge in [0.05, 0.1) is 0 Å². The Balaban J connectivity index is 2.03. The quantitative estimate of drug-likeness (QED) is 0.490. The van der Waals surface area contributed by atoms with Gasteiger partial charge in [-0.2, -0.15) is 17.6 Å². The number of ether oxygens (including phenoxy) is 2. The van der Waals surface area contributed by atoms with Gasteiger partial charge in [-0.1, -0.05) is 13.8 Å². The minimum atomic E-state index is -3.14. The molecule has 0 bridgehead atoms. The van der Waals surface area contributed by atoms with E-state index in [1.165, 1.54) is 24.3 Å². The molecule has 0 saturated carbocycles. The third-order valence-electron chi connectivity index (χ3n) is 4.14. The highest BCUT2D eigenvalue weighted by molar-refractivity contribution is 5.92. The lowest BCUT2D eigenvalue weighted by molar-refractivity contribution is -0.127. The molecule has 5 nitrogen and oxygen atoms in total. The van der Waals surface area contributed by atoms with E-state index in [0.717, 1.165) is 25.7 Å². The highest BCUT2D eigenvalue weighted by Gasteiger charge is 2.20. The summed E-state index contributed by atoms with van der Waals surface area (Å²) in [5, 5.41) is 0. The van der Waals surface area contributed by atoms with Crippen LogP contribution in [0.2, 0.25) is 0 Å². The first kappa shape index (κ1) is 22.0. The summed E-state index contributed by atoms with van der Waals surface area (Å²) in [6.45, 7) is 1.73. The SMILES string of the molecule is CC(C)CN1CCN(C(=O)/C=C/c2ccc(OC(F)F)cc2OC(F)F)CC1. The van der Waals surface area contributed by atoms with E-state index in [1.54, 1.807) is 4.90 Å². The third kappa shape index (κ3) is 7.03. The first-order valence-corrected chi connectivity index (χ1v) is 8.97. The molecule has 1 heterocycles. The summed E-state index contributed by atoms with van der Waals surface area (Å²) in [4.78, 5) is 16.3. The normalized spacial score (nSPS) is 15.8. The number of piperazine rings is 1. The molecule has 0 radical (unpaired) electrons. The van der Waals surface area contributed by atoms with Crippen molar-refractivity contribution in [2.24, 2.45) is 5.92 Å². The Bertz CT molecular complexity index is 675. The van der Waals surface area contributed by atoms with E-state index >= 15 is 0 Å². The van der Waals surface area contributed by atoms with Crippen LogP contribution in [0, 0.1) is 5.92 Å². The molecule has 0 unspecified atom stereocenters. The number of nitrogens with zero attached hydrogens (tertiary/aromatic N) is 2. The second-order valence-corrected chi connectivity index (χ2v) is 6.81. The van der Waals surface area contributed by atoms with Gasteiger partial charge in [-0.15, -0.1) is 0 Å². The molecule has 0 N–H and O–H groups in total. The van der Waals surface area contributed by atoms with Crippen LogP contribution in [0.15, 0.2) is 24.3 Å². The van der Waals surface area contributed by atoms with Gasteiger partial charge < -0.3 is 14.4 Å². The highest BCUT2D eigenvalue weighted by Crippen LogP contribution is 2.28. The number of benzene rings is 1. The number of carbonyl (C=O) groups excluding carboxylic acids is 1. The van der Waals surface area contributed by atoms with Crippen molar-refractivity contribution in [2.75, 3.05) is 32.7 Å². The van der Waals surface area contributed by atoms with Crippen molar-refractivity contribution in [3.8, 4) is 11.5 Å². The van der Waals surface area contributed by atoms with Crippen LogP contribution in [-0.2, 0) is 4.79 Å². The van der Waals surface area contributed by atoms with Crippen LogP contribution in [0.25, 0.3) is 6.08 Å². The van der Waals surface area contributed by atoms with Crippen molar-refractivity contribution >= 4 is 12.0 Å². The molecular weight excluding hydrogens is 380 g/mol. The molecule has 0 aliphatic carbocycles. The summed E-state index contributed by atoms with van der Waals surface area (Å²) in [5.41, 5.74) is 0.161. The van der Waals surface area contributed by atoms with E-state index in [1.807, 2.05) is 0 Å². The maximum Gasteiger partial charge on any atom is 0.387 e. The van der Waals surface area contributed by atoms with Gasteiger partial charge in [-0.25, -0.2) is 0 Å². The number of rotatable bonds is 8. The van der Waals surface area contributed by atoms with E-state index < -0.39 is 13.2 Å². The van der Waals surface area contributed by atoms with Crippen molar-refractivity contribution in [3.05, 3.63) is 29.8 Å². The fourth-order valence-electron chi connectivity index (χ4n) is 2.96. The lowest BCUT2D eigenvalue weighted by Crippen LogP contribution is -2.49. The fraction of sp³-hybridized carbons (Fsp3) is 0.526. The van der Waals surface area contributed by atoms with Gasteiger partial charge in [0.15, 0.2) is 0 Å². The van der Waals surface area contributed by atoms with Gasteiger partial charge in [0.25, 0.3) is 0 Å². The first-order chi connectivity index (χ1) is 13.2. The minimum absolute atomic E-state index is 0.161. The average Bonchev–Trinajstić information content (AvgIpc) is 2.60. The Kier molecular flexibility index (Phi) is 8.10. The lowest BCUT2D eigenvalue weighted by Gasteiger charge is -2.35. The molecule has 1 aromatic carbocycles. The number of halogens is 4. The standard InChI is InChI=1S/C19H24F4N2O3/c1-13(2)12-24-7-9-25(10-8-24)17(26)6-4-14-3-5-15(27-18(20)21)11-16(14)28-19(22)23/h3-6,11,13,18-19H,7-10,12H2,1-2H3/b6-4+. The number of carbonyl (C=O) groups is 1. The first-order valence-electron chi connectivity index (χ1n) is 8.97. The van der Waals surface area contributed by atoms with Crippen molar-refractivity contribution in [1.82, 2.24) is 9.80 Å². The maximum absolute atomic E-state index is 12.6. The molecule has 1 fully saturated rings. The number of hydrogen-bond acceptors (Lipinski definition) is 4. The molecule has 156 valence electrons. The van der Waals surface area contributed by atoms with Gasteiger partial charge >= 0.3 is 13.2 Å². The van der Waals surface area contributed by atoms with Crippen LogP contribution in [0.4, 0.5) is 17.6 Å². The zero-order valence-corrected chi connectivity index (χ0v) is 15.8. The zero-order valence-electron chi connectivity index (χ0n) is 15.8. The molecule has 1 amide bonds. The zero-order chi connectivity index (χ0) is 20.7. The summed E-state index contributed by atoms with van der Waals surface area (Å²) in [7, 11) is 0. The second kappa shape index (κ2) is 10.3. The van der Waals surface area contributed by atoms with Crippen LogP contribution < -0.4 is 9.47 Å². The highest BCUT2D eigenvalue weighted by atomic mass is 19.3. The lowest BCUT2D eigenvalue weighted by atomic mass is 10.1. The summed E-state index contributed by atoms with van der Waals surface area (Å²) in [6, 6.07) is 3.41. The summed E-state index contributed by atoms with van der Waals surface area (Å²) in [6.07, 6.45) is 2.59. The molecular formula is C19H24F4N2O3. The average molecular weight is 404 g/mol. The molecule has 9 heteroatoms. The van der Waals surface area contributed by atoms with Gasteiger partial charge in [0.2, 0.25) is 5.91 Å². The Morgan fingerprint density at radius 3 is 2.29 bits per heavy atom. The van der Waals surface area contributed by atoms with E-state index in [9.17, 15) is 22.4 Å². The Morgan fingerprint density at radius 2 is 1.71 bits per heavy atom. The Morgan fingerprint density at radius 1 is 1.07 bits per heavy atom. The number of amides is 1. The van der Waals surface area contributed by atoms with E-state index in [4.69, 9.17) is 0 Å². The van der Waals surface area contributed by atoms with Crippen molar-refractivity contribution in [3.63, 3.8) is 0 Å². The van der Waals surface area contributed by atoms with E-state index in [-0.39, 0.29) is 23.0 Å². The van der Waals surface area contributed by atoms with Gasteiger partial charge in [0.1, 0.15) is 11.5 Å². The van der Waals surface area contributed by atoms with Crippen LogP contribution >= 0.6 is 0 Å². The molecule has 0 atom stereocenters. The van der Waals surface area contributed by atoms with E-state index in [2.05, 4.69) is 28.2 Å². The topological polar surface area (TPSA) is 42.0 Å².